The van der Waals surface area contributed by atoms with Crippen LogP contribution < -0.4 is 11.2 Å². The van der Waals surface area contributed by atoms with E-state index in [9.17, 15) is 19.2 Å². The van der Waals surface area contributed by atoms with Crippen LogP contribution >= 0.6 is 0 Å². The molecule has 0 saturated heterocycles. The van der Waals surface area contributed by atoms with Gasteiger partial charge in [-0.3, -0.25) is 23.9 Å². The molecule has 2 rings (SSSR count). The van der Waals surface area contributed by atoms with Gasteiger partial charge in [0.25, 0.3) is 5.56 Å². The first-order valence-electron chi connectivity index (χ1n) is 6.15. The van der Waals surface area contributed by atoms with Gasteiger partial charge in [0.15, 0.2) is 11.2 Å². The van der Waals surface area contributed by atoms with E-state index in [4.69, 9.17) is 0 Å². The topological polar surface area (TPSA) is 99.2 Å². The van der Waals surface area contributed by atoms with Crippen LogP contribution in [0.25, 0.3) is 11.2 Å². The molecule has 9 nitrogen and oxygen atoms in total. The molecule has 0 N–H and O–H groups in total. The number of hydrogen-bond acceptors (Lipinski definition) is 5. The van der Waals surface area contributed by atoms with Crippen molar-refractivity contribution in [1.82, 2.24) is 23.6 Å². The van der Waals surface area contributed by atoms with Crippen molar-refractivity contribution in [3.8, 4) is 0 Å². The summed E-state index contributed by atoms with van der Waals surface area (Å²) in [6.45, 7) is 1.97. The summed E-state index contributed by atoms with van der Waals surface area (Å²) in [5.74, 6) is -1.08. The molecular weight excluding hydrogens is 278 g/mol. The highest BCUT2D eigenvalue weighted by molar-refractivity contribution is 5.92. The van der Waals surface area contributed by atoms with Crippen LogP contribution in [0.2, 0.25) is 0 Å². The number of fused-ring (bicyclic) bond motifs is 1. The van der Waals surface area contributed by atoms with Gasteiger partial charge in [-0.15, -0.1) is 0 Å². The number of hydrogen-bond donors (Lipinski definition) is 0. The maximum atomic E-state index is 12.4. The Balaban J connectivity index is 2.73. The average Bonchev–Trinajstić information content (AvgIpc) is 2.77. The van der Waals surface area contributed by atoms with E-state index in [1.165, 1.54) is 36.4 Å². The van der Waals surface area contributed by atoms with E-state index >= 15 is 0 Å². The van der Waals surface area contributed by atoms with Crippen molar-refractivity contribution in [2.75, 3.05) is 0 Å². The van der Waals surface area contributed by atoms with Crippen LogP contribution in [0.5, 0.6) is 0 Å². The van der Waals surface area contributed by atoms with Crippen LogP contribution in [0, 0.1) is 0 Å². The number of rotatable bonds is 2. The Morgan fingerprint density at radius 3 is 2.29 bits per heavy atom. The highest BCUT2D eigenvalue weighted by Gasteiger charge is 2.20. The molecule has 2 heterocycles. The quantitative estimate of drug-likeness (QED) is 0.691. The summed E-state index contributed by atoms with van der Waals surface area (Å²) >= 11 is 0. The van der Waals surface area contributed by atoms with Gasteiger partial charge < -0.3 is 4.57 Å². The van der Waals surface area contributed by atoms with E-state index in [2.05, 4.69) is 4.98 Å². The van der Waals surface area contributed by atoms with Gasteiger partial charge in [-0.05, 0) is 0 Å². The van der Waals surface area contributed by atoms with Gasteiger partial charge in [0, 0.05) is 27.9 Å². The summed E-state index contributed by atoms with van der Waals surface area (Å²) in [5, 5.41) is 0. The number of aryl methyl sites for hydroxylation is 2. The Morgan fingerprint density at radius 2 is 1.76 bits per heavy atom. The van der Waals surface area contributed by atoms with Crippen LogP contribution in [0.1, 0.15) is 13.8 Å². The number of aromatic nitrogens is 4. The maximum absolute atomic E-state index is 12.4. The number of carbonyl (C=O) groups is 2. The average molecular weight is 293 g/mol. The predicted molar refractivity (Wildman–Crippen MR) is 73.4 cm³/mol. The first-order valence-corrected chi connectivity index (χ1v) is 6.15. The minimum absolute atomic E-state index is 0.226. The summed E-state index contributed by atoms with van der Waals surface area (Å²) < 4.78 is 3.53. The highest BCUT2D eigenvalue weighted by Crippen LogP contribution is 2.03. The van der Waals surface area contributed by atoms with E-state index in [1.807, 2.05) is 0 Å². The van der Waals surface area contributed by atoms with Gasteiger partial charge in [-0.2, -0.15) is 0 Å². The van der Waals surface area contributed by atoms with Crippen molar-refractivity contribution in [2.24, 2.45) is 14.1 Å². The van der Waals surface area contributed by atoms with Crippen LogP contribution in [-0.2, 0) is 30.4 Å². The molecule has 0 aliphatic rings. The van der Waals surface area contributed by atoms with Crippen LogP contribution in [0.4, 0.5) is 0 Å². The van der Waals surface area contributed by atoms with Gasteiger partial charge in [-0.1, -0.05) is 0 Å². The molecule has 112 valence electrons. The summed E-state index contributed by atoms with van der Waals surface area (Å²) in [7, 11) is 3.10. The molecular formula is C12H15N5O4. The third kappa shape index (κ3) is 2.26. The SMILES string of the molecule is CC(=O)N(Cn1c(=O)c2c(ncn2C)n(C)c1=O)C(C)=O. The van der Waals surface area contributed by atoms with E-state index in [0.29, 0.717) is 0 Å². The van der Waals surface area contributed by atoms with Crippen molar-refractivity contribution < 1.29 is 9.59 Å². The third-order valence-electron chi connectivity index (χ3n) is 3.24. The van der Waals surface area contributed by atoms with E-state index in [1.54, 1.807) is 7.05 Å². The molecule has 0 radical (unpaired) electrons. The third-order valence-corrected chi connectivity index (χ3v) is 3.24. The molecule has 0 atom stereocenters. The fraction of sp³-hybridized carbons (Fsp3) is 0.417. The Kier molecular flexibility index (Phi) is 3.50. The fourth-order valence-corrected chi connectivity index (χ4v) is 2.08. The maximum Gasteiger partial charge on any atom is 0.334 e. The molecule has 0 bridgehead atoms. The number of imide groups is 1. The zero-order valence-electron chi connectivity index (χ0n) is 12.2. The van der Waals surface area contributed by atoms with Crippen molar-refractivity contribution in [1.29, 1.82) is 0 Å². The van der Waals surface area contributed by atoms with Crippen molar-refractivity contribution in [3.05, 3.63) is 27.2 Å². The zero-order valence-corrected chi connectivity index (χ0v) is 12.2. The number of amides is 2. The predicted octanol–water partition coefficient (Wildman–Crippen LogP) is -1.21. The first kappa shape index (κ1) is 14.7. The summed E-state index contributed by atoms with van der Waals surface area (Å²) in [5.41, 5.74) is -0.760. The molecule has 0 unspecified atom stereocenters. The number of carbonyl (C=O) groups excluding carboxylic acids is 2. The van der Waals surface area contributed by atoms with Gasteiger partial charge in [0.05, 0.1) is 6.33 Å². The molecule has 0 saturated carbocycles. The monoisotopic (exact) mass is 293 g/mol. The normalized spacial score (nSPS) is 10.9. The Morgan fingerprint density at radius 1 is 1.19 bits per heavy atom. The summed E-state index contributed by atoms with van der Waals surface area (Å²) in [6.07, 6.45) is 1.42. The lowest BCUT2D eigenvalue weighted by Crippen LogP contribution is -2.46. The molecule has 21 heavy (non-hydrogen) atoms. The molecule has 0 aromatic carbocycles. The fourth-order valence-electron chi connectivity index (χ4n) is 2.08. The molecule has 2 aromatic rings. The minimum atomic E-state index is -0.640. The first-order chi connectivity index (χ1) is 9.75. The molecule has 2 aromatic heterocycles. The standard InChI is InChI=1S/C12H15N5O4/c1-7(18)16(8(2)19)6-17-11(20)9-10(13-5-14(9)3)15(4)12(17)21/h5H,6H2,1-4H3. The highest BCUT2D eigenvalue weighted by atomic mass is 16.2. The van der Waals surface area contributed by atoms with Gasteiger partial charge in [-0.25, -0.2) is 14.3 Å². The zero-order chi connectivity index (χ0) is 15.9. The lowest BCUT2D eigenvalue weighted by molar-refractivity contribution is -0.144. The Labute approximate surface area is 119 Å². The van der Waals surface area contributed by atoms with Gasteiger partial charge in [0.2, 0.25) is 11.8 Å². The van der Waals surface area contributed by atoms with E-state index < -0.39 is 29.7 Å². The second-order valence-electron chi connectivity index (χ2n) is 4.71. The summed E-state index contributed by atoms with van der Waals surface area (Å²) in [4.78, 5) is 52.3. The van der Waals surface area contributed by atoms with Crippen molar-refractivity contribution in [3.63, 3.8) is 0 Å². The second-order valence-corrected chi connectivity index (χ2v) is 4.71. The Hall–Kier alpha value is -2.71. The molecule has 0 aliphatic carbocycles. The smallest absolute Gasteiger partial charge is 0.328 e. The summed E-state index contributed by atoms with van der Waals surface area (Å²) in [6, 6.07) is 0. The van der Waals surface area contributed by atoms with E-state index in [-0.39, 0.29) is 11.2 Å². The molecule has 0 spiro atoms. The number of imidazole rings is 1. The van der Waals surface area contributed by atoms with Crippen LogP contribution in [0.3, 0.4) is 0 Å². The molecule has 0 aliphatic heterocycles. The van der Waals surface area contributed by atoms with Gasteiger partial charge in [0.1, 0.15) is 6.67 Å². The molecule has 0 fully saturated rings. The van der Waals surface area contributed by atoms with Crippen LogP contribution in [0.15, 0.2) is 15.9 Å². The molecule has 9 heteroatoms. The largest absolute Gasteiger partial charge is 0.334 e. The second kappa shape index (κ2) is 5.00. The van der Waals surface area contributed by atoms with E-state index in [0.717, 1.165) is 9.47 Å². The molecule has 2 amide bonds. The van der Waals surface area contributed by atoms with Crippen LogP contribution in [-0.4, -0.2) is 35.4 Å². The van der Waals surface area contributed by atoms with Crippen molar-refractivity contribution >= 4 is 23.0 Å². The minimum Gasteiger partial charge on any atom is -0.328 e. The number of nitrogens with zero attached hydrogens (tertiary/aromatic N) is 5. The Bertz CT molecular complexity index is 843. The van der Waals surface area contributed by atoms with Crippen molar-refractivity contribution in [2.45, 2.75) is 20.5 Å². The lowest BCUT2D eigenvalue weighted by Gasteiger charge is -2.18. The lowest BCUT2D eigenvalue weighted by atomic mass is 10.4. The van der Waals surface area contributed by atoms with Gasteiger partial charge >= 0.3 is 5.69 Å².